The van der Waals surface area contributed by atoms with Gasteiger partial charge in [0.2, 0.25) is 11.7 Å². The second-order valence-corrected chi connectivity index (χ2v) is 9.58. The number of ketones is 1. The van der Waals surface area contributed by atoms with Crippen LogP contribution in [0.5, 0.6) is 5.88 Å². The van der Waals surface area contributed by atoms with Crippen molar-refractivity contribution in [2.24, 2.45) is 4.99 Å². The maximum atomic E-state index is 13.1. The monoisotopic (exact) mass is 569 g/mol. The smallest absolute Gasteiger partial charge is 0.214 e. The van der Waals surface area contributed by atoms with Crippen LogP contribution in [0.4, 0.5) is 10.1 Å². The van der Waals surface area contributed by atoms with Crippen molar-refractivity contribution in [2.45, 2.75) is 13.2 Å². The lowest BCUT2D eigenvalue weighted by atomic mass is 10.0. The van der Waals surface area contributed by atoms with Crippen LogP contribution in [0.15, 0.2) is 84.0 Å². The maximum Gasteiger partial charge on any atom is 0.214 e. The molecule has 2 aromatic heterocycles. The number of aromatic nitrogens is 4. The molecule has 3 aromatic carbocycles. The van der Waals surface area contributed by atoms with Gasteiger partial charge < -0.3 is 23.9 Å². The Hall–Kier alpha value is -4.71. The summed E-state index contributed by atoms with van der Waals surface area (Å²) < 4.78 is 33.3. The minimum atomic E-state index is -0.309. The summed E-state index contributed by atoms with van der Waals surface area (Å²) in [6.45, 7) is 2.54. The van der Waals surface area contributed by atoms with Gasteiger partial charge in [0.1, 0.15) is 17.2 Å². The highest BCUT2D eigenvalue weighted by molar-refractivity contribution is 6.56. The van der Waals surface area contributed by atoms with E-state index in [0.717, 1.165) is 10.9 Å². The highest BCUT2D eigenvalue weighted by Gasteiger charge is 2.31. The number of ether oxygens (including phenoxy) is 3. The fourth-order valence-electron chi connectivity index (χ4n) is 4.84. The van der Waals surface area contributed by atoms with Crippen molar-refractivity contribution in [3.8, 4) is 11.6 Å². The quantitative estimate of drug-likeness (QED) is 0.206. The minimum Gasteiger partial charge on any atom is -0.494 e. The van der Waals surface area contributed by atoms with Crippen molar-refractivity contribution in [3.63, 3.8) is 0 Å². The number of para-hydroxylation sites is 2. The zero-order valence-corrected chi connectivity index (χ0v) is 22.6. The summed E-state index contributed by atoms with van der Waals surface area (Å²) in [5.41, 5.74) is 3.99. The highest BCUT2D eigenvalue weighted by Crippen LogP contribution is 2.37. The Morgan fingerprint density at radius 1 is 0.833 bits per heavy atom. The molecule has 0 saturated carbocycles. The first-order valence-electron chi connectivity index (χ1n) is 13.5. The van der Waals surface area contributed by atoms with E-state index in [4.69, 9.17) is 14.2 Å². The first kappa shape index (κ1) is 27.5. The van der Waals surface area contributed by atoms with Gasteiger partial charge in [-0.1, -0.05) is 35.5 Å². The molecule has 214 valence electrons. The molecule has 5 aromatic rings. The lowest BCUT2D eigenvalue weighted by molar-refractivity contribution is 0.00879. The Kier molecular flexibility index (Phi) is 8.13. The lowest BCUT2D eigenvalue weighted by Crippen LogP contribution is -2.13. The first-order valence-corrected chi connectivity index (χ1v) is 13.5. The molecule has 0 unspecified atom stereocenters. The zero-order chi connectivity index (χ0) is 28.9. The molecule has 1 aliphatic rings. The third-order valence-corrected chi connectivity index (χ3v) is 6.86. The van der Waals surface area contributed by atoms with Gasteiger partial charge in [0.25, 0.3) is 0 Å². The molecule has 1 aliphatic heterocycles. The normalized spacial score (nSPS) is 12.7. The average Bonchev–Trinajstić information content (AvgIpc) is 3.69. The Bertz CT molecular complexity index is 1740. The van der Waals surface area contributed by atoms with Gasteiger partial charge in [0.05, 0.1) is 68.3 Å². The fourth-order valence-corrected chi connectivity index (χ4v) is 4.84. The summed E-state index contributed by atoms with van der Waals surface area (Å²) >= 11 is 0. The van der Waals surface area contributed by atoms with Crippen LogP contribution in [-0.2, 0) is 27.4 Å². The van der Waals surface area contributed by atoms with E-state index in [-0.39, 0.29) is 29.8 Å². The topological polar surface area (TPSA) is 113 Å². The Balaban J connectivity index is 0.936. The molecule has 0 bridgehead atoms. The Morgan fingerprint density at radius 3 is 2.36 bits per heavy atom. The summed E-state index contributed by atoms with van der Waals surface area (Å²) in [7, 11) is 0. The second kappa shape index (κ2) is 12.4. The van der Waals surface area contributed by atoms with Gasteiger partial charge >= 0.3 is 0 Å². The van der Waals surface area contributed by atoms with E-state index in [9.17, 15) is 14.3 Å². The highest BCUT2D eigenvalue weighted by atomic mass is 19.1. The molecule has 0 fully saturated rings. The van der Waals surface area contributed by atoms with Crippen LogP contribution in [0.25, 0.3) is 16.6 Å². The summed E-state index contributed by atoms with van der Waals surface area (Å²) in [6, 6.07) is 20.7. The third kappa shape index (κ3) is 5.70. The number of Topliss-reactive ketones (excluding diaryl/α,β-unsaturated/α-hetero) is 1. The molecule has 0 spiro atoms. The molecule has 0 radical (unpaired) electrons. The zero-order valence-electron chi connectivity index (χ0n) is 22.6. The number of nitrogens with zero attached hydrogens (tertiary/aromatic N) is 5. The molecule has 0 atom stereocenters. The van der Waals surface area contributed by atoms with E-state index >= 15 is 0 Å². The Morgan fingerprint density at radius 2 is 1.55 bits per heavy atom. The molecule has 1 N–H and O–H groups in total. The van der Waals surface area contributed by atoms with Crippen LogP contribution in [0.1, 0.15) is 21.6 Å². The number of rotatable bonds is 13. The van der Waals surface area contributed by atoms with Gasteiger partial charge in [-0.2, -0.15) is 0 Å². The van der Waals surface area contributed by atoms with Gasteiger partial charge in [-0.15, -0.1) is 5.10 Å². The van der Waals surface area contributed by atoms with Crippen molar-refractivity contribution in [1.29, 1.82) is 0 Å². The van der Waals surface area contributed by atoms with Gasteiger partial charge in [0, 0.05) is 17.5 Å². The van der Waals surface area contributed by atoms with E-state index in [0.29, 0.717) is 67.8 Å². The average molecular weight is 570 g/mol. The minimum absolute atomic E-state index is 0.00852. The number of aliphatic imine (C=N–C) groups is 1. The number of aromatic hydroxyl groups is 1. The predicted octanol–water partition coefficient (Wildman–Crippen LogP) is 4.63. The van der Waals surface area contributed by atoms with Crippen LogP contribution in [0.3, 0.4) is 0 Å². The molecule has 0 aliphatic carbocycles. The third-order valence-electron chi connectivity index (χ3n) is 6.86. The van der Waals surface area contributed by atoms with Gasteiger partial charge in [-0.25, -0.2) is 14.1 Å². The molecule has 0 saturated heterocycles. The van der Waals surface area contributed by atoms with Crippen molar-refractivity contribution >= 4 is 28.1 Å². The van der Waals surface area contributed by atoms with Gasteiger partial charge in [0.15, 0.2) is 0 Å². The molecule has 6 rings (SSSR count). The summed E-state index contributed by atoms with van der Waals surface area (Å²) in [5.74, 6) is -0.514. The maximum absolute atomic E-state index is 13.1. The molecule has 3 heterocycles. The molecule has 0 amide bonds. The van der Waals surface area contributed by atoms with E-state index in [1.807, 2.05) is 30.3 Å². The second-order valence-electron chi connectivity index (χ2n) is 9.58. The summed E-state index contributed by atoms with van der Waals surface area (Å²) in [4.78, 5) is 17.6. The number of hydrogen-bond acceptors (Lipinski definition) is 8. The van der Waals surface area contributed by atoms with Crippen LogP contribution >= 0.6 is 0 Å². The lowest BCUT2D eigenvalue weighted by Gasteiger charge is -2.09. The number of fused-ring (bicyclic) bond motifs is 2. The van der Waals surface area contributed by atoms with Crippen molar-refractivity contribution < 1.29 is 28.5 Å². The number of benzene rings is 3. The molecule has 11 heteroatoms. The van der Waals surface area contributed by atoms with E-state index in [1.54, 1.807) is 45.8 Å². The van der Waals surface area contributed by atoms with Crippen molar-refractivity contribution in [2.75, 3.05) is 33.0 Å². The van der Waals surface area contributed by atoms with Crippen LogP contribution < -0.4 is 0 Å². The SMILES string of the molecule is O=C1C(c2c(O)n(CCOCCOCCOCc3cn(-c4ccc(F)cc4)nn3)c3ccccc23)=Nc2ccccc21. The predicted molar refractivity (Wildman–Crippen MR) is 153 cm³/mol. The summed E-state index contributed by atoms with van der Waals surface area (Å²) in [5, 5.41) is 20.0. The van der Waals surface area contributed by atoms with E-state index < -0.39 is 0 Å². The molecular weight excluding hydrogens is 541 g/mol. The van der Waals surface area contributed by atoms with E-state index in [1.165, 1.54) is 12.1 Å². The van der Waals surface area contributed by atoms with Crippen LogP contribution in [-0.4, -0.2) is 69.2 Å². The number of halogens is 1. The van der Waals surface area contributed by atoms with Gasteiger partial charge in [-0.3, -0.25) is 4.79 Å². The fraction of sp³-hybridized carbons (Fsp3) is 0.226. The molecular formula is C31H28FN5O5. The molecule has 10 nitrogen and oxygen atoms in total. The standard InChI is InChI=1S/C31H28FN5O5/c32-21-9-11-23(12-10-21)37-19-22(34-35-37)20-42-18-17-41-16-15-40-14-13-36-27-8-4-2-6-25(27)28(31(36)39)29-30(38)24-5-1-3-7-26(24)33-29/h1-12,19,39H,13-18,20H2. The van der Waals surface area contributed by atoms with Crippen LogP contribution in [0, 0.1) is 5.82 Å². The first-order chi connectivity index (χ1) is 20.6. The number of hydrogen-bond donors (Lipinski definition) is 1. The number of carbonyl (C=O) groups is 1. The van der Waals surface area contributed by atoms with Gasteiger partial charge in [-0.05, 0) is 42.5 Å². The van der Waals surface area contributed by atoms with E-state index in [2.05, 4.69) is 15.3 Å². The van der Waals surface area contributed by atoms with Crippen molar-refractivity contribution in [1.82, 2.24) is 19.6 Å². The largest absolute Gasteiger partial charge is 0.494 e. The van der Waals surface area contributed by atoms with Crippen LogP contribution in [0.2, 0.25) is 0 Å². The molecule has 42 heavy (non-hydrogen) atoms. The van der Waals surface area contributed by atoms with Crippen molar-refractivity contribution in [3.05, 3.63) is 102 Å². The Labute approximate surface area is 240 Å². The summed E-state index contributed by atoms with van der Waals surface area (Å²) in [6.07, 6.45) is 1.73. The number of carbonyl (C=O) groups excluding carboxylic acids is 1.